The van der Waals surface area contributed by atoms with E-state index in [1.54, 1.807) is 20.8 Å². The van der Waals surface area contributed by atoms with E-state index in [0.717, 1.165) is 0 Å². The summed E-state index contributed by atoms with van der Waals surface area (Å²) < 4.78 is 29.2. The van der Waals surface area contributed by atoms with Gasteiger partial charge in [0, 0.05) is 5.02 Å². The Morgan fingerprint density at radius 3 is 2.52 bits per heavy atom. The molecule has 122 valence electrons. The number of anilines is 1. The number of hydrogen-bond donors (Lipinski definition) is 1. The summed E-state index contributed by atoms with van der Waals surface area (Å²) in [5.74, 6) is 0. The summed E-state index contributed by atoms with van der Waals surface area (Å²) in [6.45, 7) is 5.08. The molecule has 0 aliphatic rings. The average Bonchev–Trinajstić information content (AvgIpc) is 2.70. The van der Waals surface area contributed by atoms with E-state index in [1.807, 2.05) is 6.07 Å². The van der Waals surface area contributed by atoms with Crippen LogP contribution in [0.5, 0.6) is 0 Å². The van der Waals surface area contributed by atoms with Crippen LogP contribution in [-0.4, -0.2) is 18.2 Å². The third kappa shape index (κ3) is 3.44. The Bertz CT molecular complexity index is 914. The first-order valence-corrected chi connectivity index (χ1v) is 8.80. The van der Waals surface area contributed by atoms with Crippen molar-refractivity contribution < 1.29 is 8.42 Å². The number of aromatic nitrogens is 2. The topological polar surface area (TPSA) is 87.8 Å². The third-order valence-corrected chi connectivity index (χ3v) is 5.56. The number of aryl methyl sites for hydroxylation is 2. The van der Waals surface area contributed by atoms with Gasteiger partial charge < -0.3 is 0 Å². The highest BCUT2D eigenvalue weighted by molar-refractivity contribution is 7.92. The van der Waals surface area contributed by atoms with Crippen LogP contribution in [0.3, 0.4) is 0 Å². The fraction of sp³-hybridized carbons (Fsp3) is 0.286. The van der Waals surface area contributed by atoms with Gasteiger partial charge in [-0.15, -0.1) is 0 Å². The first kappa shape index (κ1) is 17.6. The fourth-order valence-corrected chi connectivity index (χ4v) is 4.10. The molecule has 0 radical (unpaired) electrons. The molecule has 6 nitrogen and oxygen atoms in total. The maximum atomic E-state index is 12.6. The van der Waals surface area contributed by atoms with Crippen LogP contribution < -0.4 is 4.72 Å². The summed E-state index contributed by atoms with van der Waals surface area (Å²) in [7, 11) is -3.91. The van der Waals surface area contributed by atoms with Gasteiger partial charge in [-0.05, 0) is 38.5 Å². The van der Waals surface area contributed by atoms with Gasteiger partial charge in [0.2, 0.25) is 0 Å². The Hall–Kier alpha value is -1.75. The van der Waals surface area contributed by atoms with Gasteiger partial charge in [0.15, 0.2) is 0 Å². The third-order valence-electron chi connectivity index (χ3n) is 3.34. The van der Waals surface area contributed by atoms with Gasteiger partial charge in [-0.1, -0.05) is 23.2 Å². The number of nitrogens with one attached hydrogen (secondary N) is 1. The average molecular weight is 373 g/mol. The largest absolute Gasteiger partial charge is 0.276 e. The molecule has 0 saturated heterocycles. The molecule has 0 atom stereocenters. The first-order chi connectivity index (χ1) is 10.7. The molecule has 2 rings (SSSR count). The van der Waals surface area contributed by atoms with Crippen LogP contribution in [0, 0.1) is 32.1 Å². The van der Waals surface area contributed by atoms with E-state index in [9.17, 15) is 8.42 Å². The minimum absolute atomic E-state index is 0.0350. The number of hydrogen-bond acceptors (Lipinski definition) is 4. The predicted octanol–water partition coefficient (Wildman–Crippen LogP) is 3.44. The monoisotopic (exact) mass is 372 g/mol. The lowest BCUT2D eigenvalue weighted by Gasteiger charge is -2.11. The zero-order valence-corrected chi connectivity index (χ0v) is 15.0. The molecule has 23 heavy (non-hydrogen) atoms. The van der Waals surface area contributed by atoms with Crippen molar-refractivity contribution >= 4 is 38.9 Å². The van der Waals surface area contributed by atoms with E-state index in [4.69, 9.17) is 28.5 Å². The Morgan fingerprint density at radius 1 is 1.26 bits per heavy atom. The van der Waals surface area contributed by atoms with Crippen molar-refractivity contribution in [1.82, 2.24) is 9.78 Å². The quantitative estimate of drug-likeness (QED) is 0.889. The van der Waals surface area contributed by atoms with Gasteiger partial charge in [0.1, 0.15) is 11.4 Å². The molecule has 1 N–H and O–H groups in total. The minimum Gasteiger partial charge on any atom is -0.276 e. The number of sulfonamides is 1. The molecule has 9 heteroatoms. The van der Waals surface area contributed by atoms with Crippen LogP contribution in [-0.2, 0) is 16.6 Å². The van der Waals surface area contributed by atoms with E-state index in [0.29, 0.717) is 27.7 Å². The second kappa shape index (κ2) is 6.40. The van der Waals surface area contributed by atoms with Gasteiger partial charge in [0.05, 0.1) is 28.2 Å². The second-order valence-corrected chi connectivity index (χ2v) is 7.46. The molecule has 0 saturated carbocycles. The van der Waals surface area contributed by atoms with E-state index >= 15 is 0 Å². The van der Waals surface area contributed by atoms with Crippen LogP contribution in [0.2, 0.25) is 10.0 Å². The van der Waals surface area contributed by atoms with Gasteiger partial charge >= 0.3 is 0 Å². The molecule has 0 aliphatic carbocycles. The Kier molecular flexibility index (Phi) is 4.90. The van der Waals surface area contributed by atoms with Crippen molar-refractivity contribution in [2.24, 2.45) is 0 Å². The lowest BCUT2D eigenvalue weighted by molar-refractivity contribution is 0.601. The highest BCUT2D eigenvalue weighted by Crippen LogP contribution is 2.30. The van der Waals surface area contributed by atoms with Crippen LogP contribution in [0.15, 0.2) is 17.0 Å². The molecule has 1 aromatic heterocycles. The predicted molar refractivity (Wildman–Crippen MR) is 89.3 cm³/mol. The van der Waals surface area contributed by atoms with Gasteiger partial charge in [-0.3, -0.25) is 9.40 Å². The number of benzene rings is 1. The summed E-state index contributed by atoms with van der Waals surface area (Å²) >= 11 is 12.0. The van der Waals surface area contributed by atoms with E-state index in [2.05, 4.69) is 9.82 Å². The van der Waals surface area contributed by atoms with Crippen molar-refractivity contribution in [2.45, 2.75) is 32.2 Å². The van der Waals surface area contributed by atoms with Gasteiger partial charge in [0.25, 0.3) is 10.0 Å². The molecule has 1 aromatic carbocycles. The summed E-state index contributed by atoms with van der Waals surface area (Å²) in [6, 6.07) is 4.78. The maximum Gasteiger partial charge on any atom is 0.263 e. The number of halogens is 2. The Labute approximate surface area is 144 Å². The Morgan fingerprint density at radius 2 is 1.91 bits per heavy atom. The van der Waals surface area contributed by atoms with Crippen molar-refractivity contribution in [3.05, 3.63) is 39.1 Å². The van der Waals surface area contributed by atoms with Crippen molar-refractivity contribution in [3.8, 4) is 6.07 Å². The Balaban J connectivity index is 2.48. The molecule has 0 amide bonds. The molecule has 0 bridgehead atoms. The molecular formula is C14H14Cl2N4O2S. The van der Waals surface area contributed by atoms with Crippen molar-refractivity contribution in [2.75, 3.05) is 4.72 Å². The lowest BCUT2D eigenvalue weighted by Crippen LogP contribution is -2.15. The highest BCUT2D eigenvalue weighted by atomic mass is 35.5. The van der Waals surface area contributed by atoms with E-state index in [-0.39, 0.29) is 16.5 Å². The summed E-state index contributed by atoms with van der Waals surface area (Å²) in [4.78, 5) is -0.0621. The first-order valence-electron chi connectivity index (χ1n) is 6.56. The molecule has 0 spiro atoms. The molecule has 0 unspecified atom stereocenters. The van der Waals surface area contributed by atoms with Crippen molar-refractivity contribution in [3.63, 3.8) is 0 Å². The highest BCUT2D eigenvalue weighted by Gasteiger charge is 2.23. The standard InChI is InChI=1S/C14H14Cl2N4O2S/c1-8-6-13(12(16)7-11(8)15)23(21,22)19-14-9(2)18-20(5-4-17)10(14)3/h6-7,19H,5H2,1-3H3. The van der Waals surface area contributed by atoms with Crippen LogP contribution >= 0.6 is 23.2 Å². The molecule has 2 aromatic rings. The number of nitriles is 1. The van der Waals surface area contributed by atoms with Crippen LogP contribution in [0.4, 0.5) is 5.69 Å². The normalized spacial score (nSPS) is 11.3. The molecule has 1 heterocycles. The van der Waals surface area contributed by atoms with Crippen LogP contribution in [0.1, 0.15) is 17.0 Å². The smallest absolute Gasteiger partial charge is 0.263 e. The van der Waals surface area contributed by atoms with E-state index in [1.165, 1.54) is 16.8 Å². The lowest BCUT2D eigenvalue weighted by atomic mass is 10.2. The number of nitrogens with zero attached hydrogens (tertiary/aromatic N) is 3. The molecule has 0 fully saturated rings. The second-order valence-electron chi connectivity index (χ2n) is 5.00. The zero-order valence-electron chi connectivity index (χ0n) is 12.7. The fourth-order valence-electron chi connectivity index (χ4n) is 2.09. The summed E-state index contributed by atoms with van der Waals surface area (Å²) in [5, 5.41) is 13.3. The van der Waals surface area contributed by atoms with Gasteiger partial charge in [-0.25, -0.2) is 8.42 Å². The SMILES string of the molecule is Cc1cc(S(=O)(=O)Nc2c(C)nn(CC#N)c2C)c(Cl)cc1Cl. The molecule has 0 aliphatic heterocycles. The zero-order chi connectivity index (χ0) is 17.4. The van der Waals surface area contributed by atoms with Crippen molar-refractivity contribution in [1.29, 1.82) is 5.26 Å². The summed E-state index contributed by atoms with van der Waals surface area (Å²) in [6.07, 6.45) is 0. The van der Waals surface area contributed by atoms with Gasteiger partial charge in [-0.2, -0.15) is 10.4 Å². The van der Waals surface area contributed by atoms with E-state index < -0.39 is 10.0 Å². The number of rotatable bonds is 4. The van der Waals surface area contributed by atoms with Crippen LogP contribution in [0.25, 0.3) is 0 Å². The molecular weight excluding hydrogens is 359 g/mol. The minimum atomic E-state index is -3.91. The maximum absolute atomic E-state index is 12.6. The summed E-state index contributed by atoms with van der Waals surface area (Å²) in [5.41, 5.74) is 1.96.